The first kappa shape index (κ1) is 14.2. The van der Waals surface area contributed by atoms with Crippen LogP contribution in [0.1, 0.15) is 26.2 Å². The van der Waals surface area contributed by atoms with E-state index in [-0.39, 0.29) is 11.2 Å². The molecular weight excluding hydrogens is 250 g/mol. The van der Waals surface area contributed by atoms with Gasteiger partial charge in [-0.25, -0.2) is 13.1 Å². The van der Waals surface area contributed by atoms with E-state index in [2.05, 4.69) is 21.9 Å². The highest BCUT2D eigenvalue weighted by atomic mass is 32.2. The zero-order chi connectivity index (χ0) is 13.1. The van der Waals surface area contributed by atoms with Crippen LogP contribution in [0.5, 0.6) is 0 Å². The van der Waals surface area contributed by atoms with Crippen LogP contribution in [0.25, 0.3) is 0 Å². The van der Waals surface area contributed by atoms with Crippen molar-refractivity contribution < 1.29 is 8.42 Å². The Morgan fingerprint density at radius 1 is 1.28 bits per heavy atom. The van der Waals surface area contributed by atoms with Gasteiger partial charge < -0.3 is 5.32 Å². The number of piperazine rings is 1. The van der Waals surface area contributed by atoms with E-state index in [0.29, 0.717) is 13.1 Å². The molecule has 0 unspecified atom stereocenters. The van der Waals surface area contributed by atoms with Crippen LogP contribution < -0.4 is 10.0 Å². The summed E-state index contributed by atoms with van der Waals surface area (Å²) in [6.07, 6.45) is 3.53. The fraction of sp³-hybridized carbons (Fsp3) is 1.00. The third-order valence-corrected chi connectivity index (χ3v) is 5.47. The summed E-state index contributed by atoms with van der Waals surface area (Å²) in [5.41, 5.74) is 0.210. The lowest BCUT2D eigenvalue weighted by Gasteiger charge is -2.38. The number of nitrogens with one attached hydrogen (secondary N) is 2. The molecule has 0 bridgehead atoms. The van der Waals surface area contributed by atoms with Gasteiger partial charge in [0.05, 0.1) is 5.75 Å². The molecule has 1 saturated heterocycles. The molecule has 106 valence electrons. The highest BCUT2D eigenvalue weighted by Gasteiger charge is 2.32. The predicted molar refractivity (Wildman–Crippen MR) is 73.1 cm³/mol. The molecule has 1 aliphatic heterocycles. The predicted octanol–water partition coefficient (Wildman–Crippen LogP) is 0.00120. The van der Waals surface area contributed by atoms with Gasteiger partial charge in [0.1, 0.15) is 0 Å². The second-order valence-corrected chi connectivity index (χ2v) is 7.82. The third kappa shape index (κ3) is 4.19. The molecule has 1 saturated carbocycles. The Balaban J connectivity index is 1.69. The zero-order valence-corrected chi connectivity index (χ0v) is 12.1. The lowest BCUT2D eigenvalue weighted by Crippen LogP contribution is -2.47. The number of rotatable bonds is 6. The highest BCUT2D eigenvalue weighted by Crippen LogP contribution is 2.39. The average Bonchev–Trinajstić information content (AvgIpc) is 2.33. The first-order valence-corrected chi connectivity index (χ1v) is 8.55. The normalized spacial score (nSPS) is 24.7. The summed E-state index contributed by atoms with van der Waals surface area (Å²) >= 11 is 0. The molecule has 0 aromatic carbocycles. The van der Waals surface area contributed by atoms with Gasteiger partial charge >= 0.3 is 0 Å². The molecule has 1 heterocycles. The Kier molecular flexibility index (Phi) is 4.64. The number of hydrogen-bond acceptors (Lipinski definition) is 4. The van der Waals surface area contributed by atoms with Gasteiger partial charge in [0.2, 0.25) is 10.0 Å². The quantitative estimate of drug-likeness (QED) is 0.716. The van der Waals surface area contributed by atoms with Crippen LogP contribution in [0, 0.1) is 5.41 Å². The van der Waals surface area contributed by atoms with Crippen LogP contribution in [0.15, 0.2) is 0 Å². The topological polar surface area (TPSA) is 61.4 Å². The number of hydrogen-bond donors (Lipinski definition) is 2. The van der Waals surface area contributed by atoms with Crippen LogP contribution in [0.4, 0.5) is 0 Å². The minimum atomic E-state index is -3.10. The monoisotopic (exact) mass is 275 g/mol. The molecule has 2 aliphatic rings. The van der Waals surface area contributed by atoms with Crippen molar-refractivity contribution >= 4 is 10.0 Å². The molecule has 18 heavy (non-hydrogen) atoms. The summed E-state index contributed by atoms with van der Waals surface area (Å²) < 4.78 is 26.6. The van der Waals surface area contributed by atoms with Crippen LogP contribution in [-0.4, -0.2) is 58.3 Å². The van der Waals surface area contributed by atoms with Crippen molar-refractivity contribution in [2.24, 2.45) is 5.41 Å². The second-order valence-electron chi connectivity index (χ2n) is 5.90. The van der Waals surface area contributed by atoms with Crippen molar-refractivity contribution in [1.29, 1.82) is 0 Å². The van der Waals surface area contributed by atoms with Gasteiger partial charge in [0, 0.05) is 39.3 Å². The number of nitrogens with zero attached hydrogens (tertiary/aromatic N) is 1. The summed E-state index contributed by atoms with van der Waals surface area (Å²) in [4.78, 5) is 2.21. The van der Waals surface area contributed by atoms with Gasteiger partial charge in [0.15, 0.2) is 0 Å². The number of sulfonamides is 1. The smallest absolute Gasteiger partial charge is 0.212 e. The molecule has 2 fully saturated rings. The van der Waals surface area contributed by atoms with E-state index >= 15 is 0 Å². The summed E-state index contributed by atoms with van der Waals surface area (Å²) in [5.74, 6) is 0.225. The molecule has 0 spiro atoms. The van der Waals surface area contributed by atoms with Crippen molar-refractivity contribution in [3.63, 3.8) is 0 Å². The van der Waals surface area contributed by atoms with E-state index in [4.69, 9.17) is 0 Å². The van der Waals surface area contributed by atoms with Crippen LogP contribution in [0.2, 0.25) is 0 Å². The fourth-order valence-electron chi connectivity index (χ4n) is 2.50. The molecule has 2 rings (SSSR count). The van der Waals surface area contributed by atoms with Crippen molar-refractivity contribution in [1.82, 2.24) is 14.9 Å². The molecule has 2 N–H and O–H groups in total. The highest BCUT2D eigenvalue weighted by molar-refractivity contribution is 7.89. The molecule has 0 amide bonds. The van der Waals surface area contributed by atoms with Crippen LogP contribution in [0.3, 0.4) is 0 Å². The Morgan fingerprint density at radius 3 is 2.50 bits per heavy atom. The average molecular weight is 275 g/mol. The molecule has 0 aromatic rings. The van der Waals surface area contributed by atoms with Gasteiger partial charge in [-0.05, 0) is 18.3 Å². The maximum absolute atomic E-state index is 11.9. The maximum Gasteiger partial charge on any atom is 0.212 e. The van der Waals surface area contributed by atoms with Gasteiger partial charge in [0.25, 0.3) is 0 Å². The van der Waals surface area contributed by atoms with Crippen molar-refractivity contribution in [2.45, 2.75) is 26.2 Å². The van der Waals surface area contributed by atoms with Crippen molar-refractivity contribution in [3.05, 3.63) is 0 Å². The van der Waals surface area contributed by atoms with E-state index in [0.717, 1.165) is 39.0 Å². The summed E-state index contributed by atoms with van der Waals surface area (Å²) in [7, 11) is -3.10. The maximum atomic E-state index is 11.9. The fourth-order valence-corrected chi connectivity index (χ4v) is 3.71. The molecule has 0 atom stereocenters. The summed E-state index contributed by atoms with van der Waals surface area (Å²) in [6, 6.07) is 0. The molecule has 0 aromatic heterocycles. The SMILES string of the molecule is CC1(CNS(=O)(=O)CCN2CCNCC2)CCC1. The molecular formula is C12H25N3O2S. The summed E-state index contributed by atoms with van der Waals surface area (Å²) in [5, 5.41) is 3.27. The minimum Gasteiger partial charge on any atom is -0.314 e. The molecule has 6 heteroatoms. The standard InChI is InChI=1S/C12H25N3O2S/c1-12(3-2-4-12)11-14-18(16,17)10-9-15-7-5-13-6-8-15/h13-14H,2-11H2,1H3. The van der Waals surface area contributed by atoms with Gasteiger partial charge in [-0.1, -0.05) is 13.3 Å². The van der Waals surface area contributed by atoms with E-state index in [9.17, 15) is 8.42 Å². The van der Waals surface area contributed by atoms with Gasteiger partial charge in [-0.15, -0.1) is 0 Å². The van der Waals surface area contributed by atoms with E-state index in [1.165, 1.54) is 6.42 Å². The summed E-state index contributed by atoms with van der Waals surface area (Å²) in [6.45, 7) is 7.25. The van der Waals surface area contributed by atoms with Gasteiger partial charge in [-0.3, -0.25) is 4.90 Å². The van der Waals surface area contributed by atoms with Crippen LogP contribution in [-0.2, 0) is 10.0 Å². The minimum absolute atomic E-state index is 0.210. The first-order chi connectivity index (χ1) is 8.49. The van der Waals surface area contributed by atoms with Crippen LogP contribution >= 0.6 is 0 Å². The Labute approximate surface area is 110 Å². The second kappa shape index (κ2) is 5.86. The Hall–Kier alpha value is -0.170. The first-order valence-electron chi connectivity index (χ1n) is 6.90. The molecule has 1 aliphatic carbocycles. The van der Waals surface area contributed by atoms with E-state index in [1.54, 1.807) is 0 Å². The molecule has 0 radical (unpaired) electrons. The largest absolute Gasteiger partial charge is 0.314 e. The zero-order valence-electron chi connectivity index (χ0n) is 11.2. The lowest BCUT2D eigenvalue weighted by atomic mass is 9.71. The van der Waals surface area contributed by atoms with Crippen molar-refractivity contribution in [2.75, 3.05) is 45.0 Å². The van der Waals surface area contributed by atoms with Crippen molar-refractivity contribution in [3.8, 4) is 0 Å². The third-order valence-electron chi connectivity index (χ3n) is 4.17. The molecule has 5 nitrogen and oxygen atoms in total. The van der Waals surface area contributed by atoms with E-state index in [1.807, 2.05) is 0 Å². The Bertz CT molecular complexity index is 360. The lowest BCUT2D eigenvalue weighted by molar-refractivity contribution is 0.166. The van der Waals surface area contributed by atoms with Gasteiger partial charge in [-0.2, -0.15) is 0 Å². The Morgan fingerprint density at radius 2 is 1.94 bits per heavy atom. The van der Waals surface area contributed by atoms with E-state index < -0.39 is 10.0 Å².